The number of aliphatic hydroxyl groups is 1. The van der Waals surface area contributed by atoms with Gasteiger partial charge < -0.3 is 14.6 Å². The van der Waals surface area contributed by atoms with Gasteiger partial charge in [0.15, 0.2) is 5.78 Å². The molecule has 128 valence electrons. The molecule has 0 unspecified atom stereocenters. The number of hydrogen-bond donors (Lipinski definition) is 1. The van der Waals surface area contributed by atoms with E-state index >= 15 is 0 Å². The van der Waals surface area contributed by atoms with Crippen molar-refractivity contribution in [1.29, 1.82) is 0 Å². The van der Waals surface area contributed by atoms with Gasteiger partial charge in [0.05, 0.1) is 17.4 Å². The topological polar surface area (TPSA) is 89.9 Å². The Balaban J connectivity index is 1.99. The van der Waals surface area contributed by atoms with Crippen LogP contribution in [0.15, 0.2) is 23.3 Å². The molecule has 4 aliphatic rings. The first-order valence-electron chi connectivity index (χ1n) is 8.19. The quantitative estimate of drug-likeness (QED) is 0.664. The Hall–Kier alpha value is -1.95. The minimum atomic E-state index is -1.17. The third-order valence-electron chi connectivity index (χ3n) is 6.53. The van der Waals surface area contributed by atoms with Crippen LogP contribution in [0.25, 0.3) is 0 Å². The highest BCUT2D eigenvalue weighted by Crippen LogP contribution is 2.62. The number of esters is 2. The van der Waals surface area contributed by atoms with Gasteiger partial charge in [-0.3, -0.25) is 9.59 Å². The highest BCUT2D eigenvalue weighted by molar-refractivity contribution is 6.02. The number of rotatable bonds is 0. The van der Waals surface area contributed by atoms with Crippen molar-refractivity contribution >= 4 is 17.7 Å². The second-order valence-corrected chi connectivity index (χ2v) is 7.77. The minimum Gasteiger partial charge on any atom is -0.459 e. The van der Waals surface area contributed by atoms with Crippen LogP contribution in [-0.4, -0.2) is 40.6 Å². The molecular weight excluding hydrogens is 312 g/mol. The lowest BCUT2D eigenvalue weighted by Gasteiger charge is -2.57. The van der Waals surface area contributed by atoms with Crippen molar-refractivity contribution in [2.45, 2.75) is 45.5 Å². The number of hydrogen-bond acceptors (Lipinski definition) is 6. The van der Waals surface area contributed by atoms with Crippen LogP contribution in [0.3, 0.4) is 0 Å². The summed E-state index contributed by atoms with van der Waals surface area (Å²) in [6, 6.07) is 0. The third kappa shape index (κ3) is 1.53. The first kappa shape index (κ1) is 15.6. The van der Waals surface area contributed by atoms with Crippen LogP contribution in [0.4, 0.5) is 0 Å². The van der Waals surface area contributed by atoms with E-state index in [1.54, 1.807) is 20.8 Å². The molecule has 0 aromatic carbocycles. The summed E-state index contributed by atoms with van der Waals surface area (Å²) in [5, 5.41) is 11.0. The summed E-state index contributed by atoms with van der Waals surface area (Å²) in [4.78, 5) is 37.4. The van der Waals surface area contributed by atoms with Crippen molar-refractivity contribution in [2.75, 3.05) is 0 Å². The molecule has 2 heterocycles. The number of ketones is 1. The van der Waals surface area contributed by atoms with E-state index in [9.17, 15) is 19.5 Å². The molecule has 1 saturated carbocycles. The molecule has 0 aromatic heterocycles. The van der Waals surface area contributed by atoms with E-state index in [0.717, 1.165) is 0 Å². The van der Waals surface area contributed by atoms with E-state index in [0.29, 0.717) is 11.1 Å². The summed E-state index contributed by atoms with van der Waals surface area (Å²) in [6.07, 6.45) is 1.05. The molecule has 0 aromatic rings. The lowest BCUT2D eigenvalue weighted by atomic mass is 9.47. The number of carbonyl (C=O) groups excluding carboxylic acids is 3. The number of fused-ring (bicyclic) bond motifs is 6. The SMILES string of the molecule is CC1=CC(=O)O[C@@]2(C)C1=CC(=O)[C@@]1(C)[C@@H]3C(=O)O[C@@H]([C@@H]3C)[C@H](O)[C@@H]12. The normalized spacial score (nSPS) is 49.5. The summed E-state index contributed by atoms with van der Waals surface area (Å²) in [7, 11) is 0. The standard InChI is InChI=1S/C18H20O6/c1-7-5-11(20)24-18(4)9(7)6-10(19)17(3)12-8(2)14(23-16(12)22)13(21)15(17)18/h5-6,8,12-15,21H,1-4H3/t8-,12+,13+,14+,15+,17+,18+/m1/s1. The van der Waals surface area contributed by atoms with E-state index in [1.165, 1.54) is 12.2 Å². The Morgan fingerprint density at radius 2 is 1.83 bits per heavy atom. The number of carbonyl (C=O) groups is 3. The molecule has 2 fully saturated rings. The highest BCUT2D eigenvalue weighted by atomic mass is 16.6. The predicted molar refractivity (Wildman–Crippen MR) is 81.5 cm³/mol. The van der Waals surface area contributed by atoms with E-state index in [-0.39, 0.29) is 11.7 Å². The number of ether oxygens (including phenoxy) is 2. The van der Waals surface area contributed by atoms with Gasteiger partial charge >= 0.3 is 11.9 Å². The Bertz CT molecular complexity index is 749. The zero-order chi connectivity index (χ0) is 17.6. The van der Waals surface area contributed by atoms with Gasteiger partial charge in [-0.2, -0.15) is 0 Å². The Labute approximate surface area is 139 Å². The van der Waals surface area contributed by atoms with Crippen LogP contribution < -0.4 is 0 Å². The van der Waals surface area contributed by atoms with Gasteiger partial charge in [-0.05, 0) is 25.5 Å². The van der Waals surface area contributed by atoms with Crippen LogP contribution in [0.5, 0.6) is 0 Å². The lowest BCUT2D eigenvalue weighted by molar-refractivity contribution is -0.195. The monoisotopic (exact) mass is 332 g/mol. The van der Waals surface area contributed by atoms with Gasteiger partial charge in [-0.1, -0.05) is 13.8 Å². The molecular formula is C18H20O6. The Morgan fingerprint density at radius 1 is 1.17 bits per heavy atom. The number of aliphatic hydroxyl groups excluding tert-OH is 1. The maximum absolute atomic E-state index is 13.0. The first-order chi connectivity index (χ1) is 11.1. The zero-order valence-corrected chi connectivity index (χ0v) is 14.0. The molecule has 24 heavy (non-hydrogen) atoms. The van der Waals surface area contributed by atoms with Gasteiger partial charge in [0.25, 0.3) is 0 Å². The molecule has 2 aliphatic carbocycles. The first-order valence-corrected chi connectivity index (χ1v) is 8.19. The zero-order valence-electron chi connectivity index (χ0n) is 14.0. The molecule has 2 bridgehead atoms. The molecule has 6 nitrogen and oxygen atoms in total. The van der Waals surface area contributed by atoms with Gasteiger partial charge in [-0.15, -0.1) is 0 Å². The fourth-order valence-electron chi connectivity index (χ4n) is 5.55. The van der Waals surface area contributed by atoms with E-state index in [2.05, 4.69) is 0 Å². The fourth-order valence-corrected chi connectivity index (χ4v) is 5.55. The van der Waals surface area contributed by atoms with Crippen molar-refractivity contribution in [3.63, 3.8) is 0 Å². The minimum absolute atomic E-state index is 0.223. The summed E-state index contributed by atoms with van der Waals surface area (Å²) in [5.41, 5.74) is -1.09. The van der Waals surface area contributed by atoms with Crippen LogP contribution in [0.1, 0.15) is 27.7 Å². The van der Waals surface area contributed by atoms with Gasteiger partial charge in [-0.25, -0.2) is 4.79 Å². The second kappa shape index (κ2) is 4.36. The van der Waals surface area contributed by atoms with Crippen molar-refractivity contribution in [3.05, 3.63) is 23.3 Å². The summed E-state index contributed by atoms with van der Waals surface area (Å²) in [5.74, 6) is -2.84. The molecule has 1 N–H and O–H groups in total. The average molecular weight is 332 g/mol. The van der Waals surface area contributed by atoms with Crippen molar-refractivity contribution in [2.24, 2.45) is 23.2 Å². The Kier molecular flexibility index (Phi) is 2.83. The molecule has 0 radical (unpaired) electrons. The molecule has 4 rings (SSSR count). The van der Waals surface area contributed by atoms with E-state index in [4.69, 9.17) is 9.47 Å². The maximum atomic E-state index is 13.0. The molecule has 2 aliphatic heterocycles. The predicted octanol–water partition coefficient (Wildman–Crippen LogP) is 0.932. The van der Waals surface area contributed by atoms with Crippen LogP contribution in [0.2, 0.25) is 0 Å². The van der Waals surface area contributed by atoms with Crippen molar-refractivity contribution in [3.8, 4) is 0 Å². The molecule has 7 atom stereocenters. The molecule has 6 heteroatoms. The van der Waals surface area contributed by atoms with Crippen LogP contribution in [0, 0.1) is 23.2 Å². The average Bonchev–Trinajstić information content (AvgIpc) is 2.71. The van der Waals surface area contributed by atoms with Crippen molar-refractivity contribution < 1.29 is 29.0 Å². The largest absolute Gasteiger partial charge is 0.459 e. The fraction of sp³-hybridized carbons (Fsp3) is 0.611. The summed E-state index contributed by atoms with van der Waals surface area (Å²) < 4.78 is 11.0. The molecule has 0 spiro atoms. The third-order valence-corrected chi connectivity index (χ3v) is 6.53. The maximum Gasteiger partial charge on any atom is 0.331 e. The van der Waals surface area contributed by atoms with Gasteiger partial charge in [0.2, 0.25) is 0 Å². The van der Waals surface area contributed by atoms with E-state index in [1.807, 2.05) is 6.92 Å². The Morgan fingerprint density at radius 3 is 2.50 bits per heavy atom. The van der Waals surface area contributed by atoms with Gasteiger partial charge in [0.1, 0.15) is 11.7 Å². The summed E-state index contributed by atoms with van der Waals surface area (Å²) >= 11 is 0. The van der Waals surface area contributed by atoms with Crippen molar-refractivity contribution in [1.82, 2.24) is 0 Å². The molecule has 0 amide bonds. The smallest absolute Gasteiger partial charge is 0.331 e. The summed E-state index contributed by atoms with van der Waals surface area (Å²) in [6.45, 7) is 6.96. The van der Waals surface area contributed by atoms with Crippen LogP contribution >= 0.6 is 0 Å². The van der Waals surface area contributed by atoms with Crippen LogP contribution in [-0.2, 0) is 23.9 Å². The lowest BCUT2D eigenvalue weighted by Crippen LogP contribution is -2.67. The van der Waals surface area contributed by atoms with Gasteiger partial charge in [0, 0.05) is 23.5 Å². The molecule has 1 saturated heterocycles. The highest BCUT2D eigenvalue weighted by Gasteiger charge is 2.72. The number of allylic oxidation sites excluding steroid dienone is 1. The second-order valence-electron chi connectivity index (χ2n) is 7.77. The van der Waals surface area contributed by atoms with E-state index < -0.39 is 47.0 Å².